The Bertz CT molecular complexity index is 611. The van der Waals surface area contributed by atoms with Crippen LogP contribution < -0.4 is 0 Å². The van der Waals surface area contributed by atoms with E-state index in [2.05, 4.69) is 11.8 Å². The lowest BCUT2D eigenvalue weighted by molar-refractivity contribution is 0.0697. The Kier molecular flexibility index (Phi) is 3.45. The van der Waals surface area contributed by atoms with Gasteiger partial charge in [-0.15, -0.1) is 5.92 Å². The quantitative estimate of drug-likeness (QED) is 0.811. The zero-order valence-electron chi connectivity index (χ0n) is 9.97. The SMILES string of the molecule is CC#Cc1ccc(-c2ccc(C(=O)O)cc2)cc1. The summed E-state index contributed by atoms with van der Waals surface area (Å²) in [5.41, 5.74) is 3.32. The zero-order valence-corrected chi connectivity index (χ0v) is 9.97. The highest BCUT2D eigenvalue weighted by Crippen LogP contribution is 2.20. The fourth-order valence-corrected chi connectivity index (χ4v) is 1.70. The first-order valence-electron chi connectivity index (χ1n) is 5.57. The molecule has 0 aromatic heterocycles. The molecule has 0 radical (unpaired) electrons. The highest BCUT2D eigenvalue weighted by molar-refractivity contribution is 5.88. The van der Waals surface area contributed by atoms with E-state index in [1.54, 1.807) is 19.1 Å². The van der Waals surface area contributed by atoms with Gasteiger partial charge in [-0.05, 0) is 42.3 Å². The molecule has 2 rings (SSSR count). The molecule has 0 aliphatic carbocycles. The van der Waals surface area contributed by atoms with E-state index in [9.17, 15) is 4.79 Å². The zero-order chi connectivity index (χ0) is 13.0. The summed E-state index contributed by atoms with van der Waals surface area (Å²) in [6.45, 7) is 1.80. The molecule has 0 atom stereocenters. The molecule has 0 saturated heterocycles. The first-order valence-corrected chi connectivity index (χ1v) is 5.57. The number of carboxylic acids is 1. The molecule has 2 aromatic carbocycles. The van der Waals surface area contributed by atoms with Crippen LogP contribution in [0.3, 0.4) is 0 Å². The Labute approximate surface area is 106 Å². The Morgan fingerprint density at radius 3 is 1.89 bits per heavy atom. The summed E-state index contributed by atoms with van der Waals surface area (Å²) in [6, 6.07) is 14.7. The molecular weight excluding hydrogens is 224 g/mol. The lowest BCUT2D eigenvalue weighted by Gasteiger charge is -2.02. The number of carbonyl (C=O) groups is 1. The maximum Gasteiger partial charge on any atom is 0.335 e. The number of benzene rings is 2. The maximum atomic E-state index is 10.8. The van der Waals surface area contributed by atoms with E-state index < -0.39 is 5.97 Å². The van der Waals surface area contributed by atoms with Crippen molar-refractivity contribution in [1.29, 1.82) is 0 Å². The van der Waals surface area contributed by atoms with Crippen molar-refractivity contribution in [2.75, 3.05) is 0 Å². The lowest BCUT2D eigenvalue weighted by Crippen LogP contribution is -1.94. The molecule has 0 saturated carbocycles. The Balaban J connectivity index is 2.30. The molecule has 0 bridgehead atoms. The summed E-state index contributed by atoms with van der Waals surface area (Å²) >= 11 is 0. The normalized spacial score (nSPS) is 9.39. The van der Waals surface area contributed by atoms with E-state index >= 15 is 0 Å². The third kappa shape index (κ3) is 2.58. The fourth-order valence-electron chi connectivity index (χ4n) is 1.70. The van der Waals surface area contributed by atoms with Crippen LogP contribution in [0, 0.1) is 11.8 Å². The second-order valence-electron chi connectivity index (χ2n) is 3.83. The molecule has 2 nitrogen and oxygen atoms in total. The lowest BCUT2D eigenvalue weighted by atomic mass is 10.0. The average Bonchev–Trinajstić information content (AvgIpc) is 2.40. The number of aromatic carboxylic acids is 1. The van der Waals surface area contributed by atoms with Gasteiger partial charge in [0, 0.05) is 5.56 Å². The molecule has 0 unspecified atom stereocenters. The molecule has 0 aliphatic rings. The number of hydrogen-bond acceptors (Lipinski definition) is 1. The largest absolute Gasteiger partial charge is 0.478 e. The Hall–Kier alpha value is -2.53. The van der Waals surface area contributed by atoms with Crippen molar-refractivity contribution < 1.29 is 9.90 Å². The standard InChI is InChI=1S/C16H12O2/c1-2-3-12-4-6-13(7-5-12)14-8-10-15(11-9-14)16(17)18/h4-11H,1H3,(H,17,18). The minimum Gasteiger partial charge on any atom is -0.478 e. The molecule has 2 heteroatoms. The predicted octanol–water partition coefficient (Wildman–Crippen LogP) is 3.42. The molecule has 0 fully saturated rings. The molecule has 0 heterocycles. The smallest absolute Gasteiger partial charge is 0.335 e. The van der Waals surface area contributed by atoms with Crippen molar-refractivity contribution >= 4 is 5.97 Å². The number of rotatable bonds is 2. The van der Waals surface area contributed by atoms with E-state index in [-0.39, 0.29) is 0 Å². The van der Waals surface area contributed by atoms with Crippen LogP contribution in [0.2, 0.25) is 0 Å². The van der Waals surface area contributed by atoms with E-state index in [1.807, 2.05) is 36.4 Å². The fraction of sp³-hybridized carbons (Fsp3) is 0.0625. The van der Waals surface area contributed by atoms with Crippen LogP contribution in [-0.2, 0) is 0 Å². The van der Waals surface area contributed by atoms with Gasteiger partial charge in [0.1, 0.15) is 0 Å². The molecular formula is C16H12O2. The van der Waals surface area contributed by atoms with Crippen molar-refractivity contribution in [1.82, 2.24) is 0 Å². The van der Waals surface area contributed by atoms with E-state index in [0.29, 0.717) is 5.56 Å². The third-order valence-electron chi connectivity index (χ3n) is 2.62. The minimum absolute atomic E-state index is 0.298. The van der Waals surface area contributed by atoms with Gasteiger partial charge in [-0.2, -0.15) is 0 Å². The molecule has 88 valence electrons. The molecule has 2 aromatic rings. The van der Waals surface area contributed by atoms with E-state index in [4.69, 9.17) is 5.11 Å². The van der Waals surface area contributed by atoms with Gasteiger partial charge < -0.3 is 5.11 Å². The van der Waals surface area contributed by atoms with Crippen molar-refractivity contribution in [3.8, 4) is 23.0 Å². The third-order valence-corrected chi connectivity index (χ3v) is 2.62. The van der Waals surface area contributed by atoms with Crippen LogP contribution in [0.5, 0.6) is 0 Å². The Morgan fingerprint density at radius 1 is 0.944 bits per heavy atom. The summed E-state index contributed by atoms with van der Waals surface area (Å²) in [7, 11) is 0. The van der Waals surface area contributed by atoms with Gasteiger partial charge in [0.05, 0.1) is 5.56 Å². The van der Waals surface area contributed by atoms with E-state index in [1.165, 1.54) is 0 Å². The minimum atomic E-state index is -0.907. The van der Waals surface area contributed by atoms with Gasteiger partial charge in [-0.1, -0.05) is 30.2 Å². The summed E-state index contributed by atoms with van der Waals surface area (Å²) in [5.74, 6) is 4.92. The molecule has 0 aliphatic heterocycles. The van der Waals surface area contributed by atoms with Gasteiger partial charge in [0.25, 0.3) is 0 Å². The predicted molar refractivity (Wildman–Crippen MR) is 71.4 cm³/mol. The van der Waals surface area contributed by atoms with Crippen molar-refractivity contribution in [2.24, 2.45) is 0 Å². The van der Waals surface area contributed by atoms with Gasteiger partial charge in [-0.25, -0.2) is 4.79 Å². The van der Waals surface area contributed by atoms with E-state index in [0.717, 1.165) is 16.7 Å². The topological polar surface area (TPSA) is 37.3 Å². The summed E-state index contributed by atoms with van der Waals surface area (Å²) in [6.07, 6.45) is 0. The molecule has 0 spiro atoms. The number of carboxylic acid groups (broad SMARTS) is 1. The highest BCUT2D eigenvalue weighted by atomic mass is 16.4. The molecule has 18 heavy (non-hydrogen) atoms. The van der Waals surface area contributed by atoms with Crippen LogP contribution in [-0.4, -0.2) is 11.1 Å². The van der Waals surface area contributed by atoms with Gasteiger partial charge in [-0.3, -0.25) is 0 Å². The van der Waals surface area contributed by atoms with Crippen LogP contribution in [0.4, 0.5) is 0 Å². The first-order chi connectivity index (χ1) is 8.70. The second kappa shape index (κ2) is 5.20. The Morgan fingerprint density at radius 2 is 1.44 bits per heavy atom. The second-order valence-corrected chi connectivity index (χ2v) is 3.83. The number of hydrogen-bond donors (Lipinski definition) is 1. The monoisotopic (exact) mass is 236 g/mol. The van der Waals surface area contributed by atoms with Crippen LogP contribution in [0.15, 0.2) is 48.5 Å². The van der Waals surface area contributed by atoms with Crippen LogP contribution in [0.1, 0.15) is 22.8 Å². The van der Waals surface area contributed by atoms with Crippen LogP contribution >= 0.6 is 0 Å². The average molecular weight is 236 g/mol. The first kappa shape index (κ1) is 11.9. The summed E-state index contributed by atoms with van der Waals surface area (Å²) in [4.78, 5) is 10.8. The van der Waals surface area contributed by atoms with Crippen LogP contribution in [0.25, 0.3) is 11.1 Å². The molecule has 0 amide bonds. The van der Waals surface area contributed by atoms with Gasteiger partial charge >= 0.3 is 5.97 Å². The molecule has 1 N–H and O–H groups in total. The van der Waals surface area contributed by atoms with Gasteiger partial charge in [0.2, 0.25) is 0 Å². The van der Waals surface area contributed by atoms with Crippen molar-refractivity contribution in [3.05, 3.63) is 59.7 Å². The van der Waals surface area contributed by atoms with Gasteiger partial charge in [0.15, 0.2) is 0 Å². The summed E-state index contributed by atoms with van der Waals surface area (Å²) in [5, 5.41) is 8.83. The maximum absolute atomic E-state index is 10.8. The van der Waals surface area contributed by atoms with Crippen molar-refractivity contribution in [3.63, 3.8) is 0 Å². The van der Waals surface area contributed by atoms with Crippen molar-refractivity contribution in [2.45, 2.75) is 6.92 Å². The highest BCUT2D eigenvalue weighted by Gasteiger charge is 2.02. The summed E-state index contributed by atoms with van der Waals surface area (Å²) < 4.78 is 0.